The molecule has 4 heteroatoms. The first-order valence-electron chi connectivity index (χ1n) is 8.13. The molecule has 0 spiro atoms. The number of nitrogens with zero attached hydrogens (tertiary/aromatic N) is 1. The first-order chi connectivity index (χ1) is 9.44. The van der Waals surface area contributed by atoms with Crippen LogP contribution in [0.3, 0.4) is 0 Å². The molecule has 1 aliphatic heterocycles. The highest BCUT2D eigenvalue weighted by Gasteiger charge is 2.38. The van der Waals surface area contributed by atoms with E-state index in [4.69, 9.17) is 0 Å². The molecule has 4 nitrogen and oxygen atoms in total. The monoisotopic (exact) mass is 281 g/mol. The van der Waals surface area contributed by atoms with E-state index < -0.39 is 0 Å². The number of rotatable bonds is 4. The van der Waals surface area contributed by atoms with Gasteiger partial charge in [0.25, 0.3) is 0 Å². The molecule has 2 fully saturated rings. The van der Waals surface area contributed by atoms with Crippen LogP contribution in [0, 0.1) is 11.8 Å². The second kappa shape index (κ2) is 6.44. The van der Waals surface area contributed by atoms with Crippen molar-refractivity contribution in [3.63, 3.8) is 0 Å². The van der Waals surface area contributed by atoms with Crippen molar-refractivity contribution in [2.24, 2.45) is 11.8 Å². The number of hydrogen-bond donors (Lipinski definition) is 2. The average molecular weight is 281 g/mol. The lowest BCUT2D eigenvalue weighted by molar-refractivity contribution is -0.124. The van der Waals surface area contributed by atoms with E-state index in [9.17, 15) is 4.79 Å². The molecule has 0 radical (unpaired) electrons. The van der Waals surface area contributed by atoms with E-state index in [0.29, 0.717) is 5.92 Å². The first kappa shape index (κ1) is 15.8. The number of likely N-dealkylation sites (N-methyl/N-ethyl adjacent to an activating group) is 1. The molecule has 4 unspecified atom stereocenters. The number of nitrogens with one attached hydrogen (secondary N) is 2. The quantitative estimate of drug-likeness (QED) is 0.823. The van der Waals surface area contributed by atoms with Crippen molar-refractivity contribution in [3.8, 4) is 0 Å². The Morgan fingerprint density at radius 1 is 1.35 bits per heavy atom. The van der Waals surface area contributed by atoms with Crippen molar-refractivity contribution >= 4 is 5.91 Å². The molecule has 1 aliphatic carbocycles. The first-order valence-corrected chi connectivity index (χ1v) is 8.13. The van der Waals surface area contributed by atoms with Crippen LogP contribution in [0.2, 0.25) is 0 Å². The molecule has 4 atom stereocenters. The van der Waals surface area contributed by atoms with Crippen molar-refractivity contribution < 1.29 is 4.79 Å². The summed E-state index contributed by atoms with van der Waals surface area (Å²) in [5.41, 5.74) is 0.148. The molecule has 0 aromatic carbocycles. The highest BCUT2D eigenvalue weighted by Crippen LogP contribution is 2.35. The summed E-state index contributed by atoms with van der Waals surface area (Å²) in [4.78, 5) is 14.7. The zero-order valence-electron chi connectivity index (χ0n) is 13.5. The summed E-state index contributed by atoms with van der Waals surface area (Å²) >= 11 is 0. The minimum Gasteiger partial charge on any atom is -0.353 e. The molecule has 2 aliphatic rings. The van der Waals surface area contributed by atoms with Gasteiger partial charge in [-0.25, -0.2) is 0 Å². The Morgan fingerprint density at radius 2 is 2.10 bits per heavy atom. The van der Waals surface area contributed by atoms with Gasteiger partial charge in [0.1, 0.15) is 0 Å². The van der Waals surface area contributed by atoms with Gasteiger partial charge in [-0.15, -0.1) is 0 Å². The average Bonchev–Trinajstić information content (AvgIpc) is 2.82. The topological polar surface area (TPSA) is 44.4 Å². The van der Waals surface area contributed by atoms with Gasteiger partial charge in [-0.3, -0.25) is 4.79 Å². The third-order valence-electron chi connectivity index (χ3n) is 5.42. The molecular weight excluding hydrogens is 250 g/mol. The van der Waals surface area contributed by atoms with E-state index in [-0.39, 0.29) is 17.5 Å². The Balaban J connectivity index is 1.93. The lowest BCUT2D eigenvalue weighted by Crippen LogP contribution is -2.57. The second-order valence-electron chi connectivity index (χ2n) is 7.24. The predicted octanol–water partition coefficient (Wildman–Crippen LogP) is 1.61. The Kier molecular flexibility index (Phi) is 5.08. The van der Waals surface area contributed by atoms with E-state index in [1.165, 1.54) is 25.7 Å². The SMILES string of the molecule is CC1CCCC(CNC(=O)C2NCCC2C)(N(C)C)C1. The molecule has 1 saturated heterocycles. The summed E-state index contributed by atoms with van der Waals surface area (Å²) in [5, 5.41) is 6.54. The van der Waals surface area contributed by atoms with Gasteiger partial charge in [-0.2, -0.15) is 0 Å². The molecule has 20 heavy (non-hydrogen) atoms. The van der Waals surface area contributed by atoms with Crippen LogP contribution < -0.4 is 10.6 Å². The van der Waals surface area contributed by atoms with E-state index in [2.05, 4.69) is 43.5 Å². The van der Waals surface area contributed by atoms with Crippen LogP contribution >= 0.6 is 0 Å². The predicted molar refractivity (Wildman–Crippen MR) is 82.6 cm³/mol. The summed E-state index contributed by atoms with van der Waals surface area (Å²) in [6.07, 6.45) is 6.08. The summed E-state index contributed by atoms with van der Waals surface area (Å²) in [6, 6.07) is 0.00947. The van der Waals surface area contributed by atoms with Crippen LogP contribution in [0.1, 0.15) is 46.0 Å². The lowest BCUT2D eigenvalue weighted by Gasteiger charge is -2.45. The van der Waals surface area contributed by atoms with Crippen molar-refractivity contribution in [1.29, 1.82) is 0 Å². The molecule has 1 saturated carbocycles. The van der Waals surface area contributed by atoms with Crippen LogP contribution in [0.4, 0.5) is 0 Å². The Labute approximate surface area is 123 Å². The van der Waals surface area contributed by atoms with Crippen LogP contribution in [0.25, 0.3) is 0 Å². The highest BCUT2D eigenvalue weighted by atomic mass is 16.2. The van der Waals surface area contributed by atoms with E-state index in [0.717, 1.165) is 25.4 Å². The van der Waals surface area contributed by atoms with Gasteiger partial charge in [0.05, 0.1) is 6.04 Å². The fourth-order valence-corrected chi connectivity index (χ4v) is 3.90. The third kappa shape index (κ3) is 3.34. The minimum atomic E-state index is 0.00947. The van der Waals surface area contributed by atoms with Gasteiger partial charge in [-0.1, -0.05) is 26.7 Å². The molecule has 0 aromatic rings. The molecule has 116 valence electrons. The van der Waals surface area contributed by atoms with E-state index >= 15 is 0 Å². The molecule has 1 amide bonds. The van der Waals surface area contributed by atoms with E-state index in [1.54, 1.807) is 0 Å². The molecule has 2 rings (SSSR count). The number of amides is 1. The van der Waals surface area contributed by atoms with Crippen LogP contribution in [0.5, 0.6) is 0 Å². The standard InChI is InChI=1S/C16H31N3O/c1-12-6-5-8-16(10-12,19(3)4)11-18-15(20)14-13(2)7-9-17-14/h12-14,17H,5-11H2,1-4H3,(H,18,20). The Bertz CT molecular complexity index is 345. The Morgan fingerprint density at radius 3 is 2.65 bits per heavy atom. The number of carbonyl (C=O) groups is 1. The van der Waals surface area contributed by atoms with Gasteiger partial charge in [0.15, 0.2) is 0 Å². The maximum absolute atomic E-state index is 12.4. The van der Waals surface area contributed by atoms with Crippen molar-refractivity contribution in [3.05, 3.63) is 0 Å². The van der Waals surface area contributed by atoms with E-state index in [1.807, 2.05) is 0 Å². The molecule has 0 aromatic heterocycles. The smallest absolute Gasteiger partial charge is 0.237 e. The minimum absolute atomic E-state index is 0.00947. The summed E-state index contributed by atoms with van der Waals surface area (Å²) in [7, 11) is 4.31. The van der Waals surface area contributed by atoms with Gasteiger partial charge >= 0.3 is 0 Å². The normalized spacial score (nSPS) is 38.1. The zero-order chi connectivity index (χ0) is 14.8. The lowest BCUT2D eigenvalue weighted by atomic mass is 9.75. The second-order valence-corrected chi connectivity index (χ2v) is 7.24. The number of carbonyl (C=O) groups excluding carboxylic acids is 1. The fraction of sp³-hybridized carbons (Fsp3) is 0.938. The Hall–Kier alpha value is -0.610. The molecule has 0 bridgehead atoms. The van der Waals surface area contributed by atoms with Gasteiger partial charge in [-0.05, 0) is 51.7 Å². The zero-order valence-corrected chi connectivity index (χ0v) is 13.5. The highest BCUT2D eigenvalue weighted by molar-refractivity contribution is 5.82. The van der Waals surface area contributed by atoms with Crippen LogP contribution in [-0.2, 0) is 4.79 Å². The molecular formula is C16H31N3O. The summed E-state index contributed by atoms with van der Waals surface area (Å²) in [5.74, 6) is 1.40. The van der Waals surface area contributed by atoms with Crippen LogP contribution in [-0.4, -0.2) is 49.6 Å². The maximum Gasteiger partial charge on any atom is 0.237 e. The number of hydrogen-bond acceptors (Lipinski definition) is 3. The molecule has 1 heterocycles. The van der Waals surface area contributed by atoms with Crippen molar-refractivity contribution in [2.45, 2.75) is 57.5 Å². The van der Waals surface area contributed by atoms with Gasteiger partial charge in [0.2, 0.25) is 5.91 Å². The largest absolute Gasteiger partial charge is 0.353 e. The van der Waals surface area contributed by atoms with Crippen LogP contribution in [0.15, 0.2) is 0 Å². The third-order valence-corrected chi connectivity index (χ3v) is 5.42. The maximum atomic E-state index is 12.4. The van der Waals surface area contributed by atoms with Gasteiger partial charge < -0.3 is 15.5 Å². The fourth-order valence-electron chi connectivity index (χ4n) is 3.90. The summed E-state index contributed by atoms with van der Waals surface area (Å²) < 4.78 is 0. The van der Waals surface area contributed by atoms with Crippen molar-refractivity contribution in [1.82, 2.24) is 15.5 Å². The molecule has 2 N–H and O–H groups in total. The summed E-state index contributed by atoms with van der Waals surface area (Å²) in [6.45, 7) is 6.25. The van der Waals surface area contributed by atoms with Gasteiger partial charge in [0, 0.05) is 12.1 Å². The van der Waals surface area contributed by atoms with Crippen molar-refractivity contribution in [2.75, 3.05) is 27.2 Å².